The molecule has 0 fully saturated rings. The average Bonchev–Trinajstić information content (AvgIpc) is 3.43. The second-order valence-corrected chi connectivity index (χ2v) is 14.7. The minimum Gasteiger partial charge on any atom is -0.507 e. The fraction of sp³-hybridized carbons (Fsp3) is 0.537. The molecular weight excluding hydrogens is 712 g/mol. The van der Waals surface area contributed by atoms with Gasteiger partial charge in [-0.05, 0) is 33.8 Å². The SMILES string of the molecule is CCN(CC)C(=O)COc1cc2c(O)c3c(O)c(C)c4c(c13)C(=O)[C@@](C)(O/C=C/[C@H](OC)[C@@H](C)[C@@H](O)[C@H](C)[C@H](O)[C@H](C)[C@@H](O)[C@@H](C)/C=C/C=C(/C)C(=O)N2)O4. The number of ether oxygens (including phenoxy) is 4. The number of likely N-dealkylation sites (N-methyl/N-ethyl adjacent to an activating group) is 1. The number of methoxy groups -OCH3 is 1. The maximum Gasteiger partial charge on any atom is 0.312 e. The largest absolute Gasteiger partial charge is 0.507 e. The van der Waals surface area contributed by atoms with E-state index in [1.54, 1.807) is 44.7 Å². The van der Waals surface area contributed by atoms with Crippen molar-refractivity contribution in [2.24, 2.45) is 23.7 Å². The fourth-order valence-corrected chi connectivity index (χ4v) is 7.16. The van der Waals surface area contributed by atoms with Gasteiger partial charge in [-0.3, -0.25) is 14.4 Å². The van der Waals surface area contributed by atoms with E-state index in [9.17, 15) is 39.9 Å². The molecule has 3 aliphatic heterocycles. The van der Waals surface area contributed by atoms with Crippen LogP contribution in [0.1, 0.15) is 71.3 Å². The van der Waals surface area contributed by atoms with E-state index in [1.807, 2.05) is 13.8 Å². The standard InChI is InChI=1S/C41H56N2O12/c1-11-43(12-2)29(44)19-53-28-18-26-37(49)31-30(28)32-38(25(8)36(31)48)55-41(9,39(32)50)54-17-16-27(52-10)22(5)34(46)24(7)35(47)23(6)33(45)20(3)14-13-15-21(4)40(51)42-26/h13-18,20,22-24,27,33-35,45-49H,11-12,19H2,1-10H3,(H,42,51)/b14-13+,17-16+,21-15-/t20-,22+,23+,24-,27-,33-,34+,35+,41-/m0/s1. The first-order chi connectivity index (χ1) is 25.8. The number of aliphatic hydroxyl groups is 3. The monoisotopic (exact) mass is 768 g/mol. The molecule has 9 atom stereocenters. The van der Waals surface area contributed by atoms with Gasteiger partial charge in [0.05, 0.1) is 47.3 Å². The number of carbonyl (C=O) groups excluding carboxylic acids is 3. The summed E-state index contributed by atoms with van der Waals surface area (Å²) in [5, 5.41) is 59.2. The maximum absolute atomic E-state index is 14.3. The van der Waals surface area contributed by atoms with Crippen molar-refractivity contribution in [3.63, 3.8) is 0 Å². The van der Waals surface area contributed by atoms with E-state index in [-0.39, 0.29) is 50.6 Å². The molecule has 302 valence electrons. The lowest BCUT2D eigenvalue weighted by molar-refractivity contribution is -0.132. The zero-order valence-electron chi connectivity index (χ0n) is 33.2. The van der Waals surface area contributed by atoms with Crippen molar-refractivity contribution >= 4 is 34.1 Å². The predicted octanol–water partition coefficient (Wildman–Crippen LogP) is 4.72. The number of benzene rings is 2. The van der Waals surface area contributed by atoms with Gasteiger partial charge in [-0.1, -0.05) is 45.9 Å². The van der Waals surface area contributed by atoms with Gasteiger partial charge in [0, 0.05) is 73.4 Å². The van der Waals surface area contributed by atoms with Crippen molar-refractivity contribution in [2.45, 2.75) is 92.5 Å². The number of ketones is 1. The Morgan fingerprint density at radius 1 is 0.927 bits per heavy atom. The van der Waals surface area contributed by atoms with Gasteiger partial charge in [0.1, 0.15) is 17.2 Å². The highest BCUT2D eigenvalue weighted by atomic mass is 16.7. The number of phenols is 2. The number of hydrogen-bond donors (Lipinski definition) is 6. The van der Waals surface area contributed by atoms with Gasteiger partial charge in [-0.2, -0.15) is 0 Å². The summed E-state index contributed by atoms with van der Waals surface area (Å²) >= 11 is 0. The van der Waals surface area contributed by atoms with Gasteiger partial charge >= 0.3 is 5.79 Å². The van der Waals surface area contributed by atoms with Crippen molar-refractivity contribution in [1.82, 2.24) is 4.90 Å². The van der Waals surface area contributed by atoms with Crippen LogP contribution in [0.5, 0.6) is 23.0 Å². The van der Waals surface area contributed by atoms with Crippen LogP contribution in [-0.2, 0) is 19.1 Å². The summed E-state index contributed by atoms with van der Waals surface area (Å²) in [7, 11) is 1.44. The number of Topliss-reactive ketones (excluding diaryl/α,β-unsaturated/α-hetero) is 1. The zero-order valence-corrected chi connectivity index (χ0v) is 33.2. The zero-order chi connectivity index (χ0) is 41.1. The number of nitrogens with zero attached hydrogens (tertiary/aromatic N) is 1. The highest BCUT2D eigenvalue weighted by Gasteiger charge is 2.49. The third kappa shape index (κ3) is 8.47. The Hall–Kier alpha value is -4.63. The van der Waals surface area contributed by atoms with Crippen LogP contribution in [0.25, 0.3) is 10.8 Å². The van der Waals surface area contributed by atoms with Gasteiger partial charge in [-0.25, -0.2) is 0 Å². The molecule has 2 aromatic carbocycles. The highest BCUT2D eigenvalue weighted by molar-refractivity contribution is 6.21. The molecule has 14 heteroatoms. The molecule has 0 radical (unpaired) electrons. The molecule has 0 spiro atoms. The Kier molecular flexibility index (Phi) is 13.7. The molecule has 3 heterocycles. The molecule has 2 amide bonds. The van der Waals surface area contributed by atoms with Gasteiger partial charge in [0.25, 0.3) is 17.6 Å². The van der Waals surface area contributed by atoms with Gasteiger partial charge in [0.2, 0.25) is 0 Å². The molecule has 55 heavy (non-hydrogen) atoms. The Labute approximate surface area is 322 Å². The molecule has 3 aliphatic rings. The molecule has 0 unspecified atom stereocenters. The van der Waals surface area contributed by atoms with Crippen molar-refractivity contribution in [3.05, 3.63) is 53.3 Å². The first-order valence-electron chi connectivity index (χ1n) is 18.6. The number of aliphatic hydroxyl groups excluding tert-OH is 3. The highest BCUT2D eigenvalue weighted by Crippen LogP contribution is 2.54. The second kappa shape index (κ2) is 17.4. The number of phenolic OH excluding ortho intramolecular Hbond substituents is 2. The van der Waals surface area contributed by atoms with Crippen molar-refractivity contribution in [3.8, 4) is 23.0 Å². The number of hydrogen-bond acceptors (Lipinski definition) is 12. The van der Waals surface area contributed by atoms with Crippen molar-refractivity contribution in [1.29, 1.82) is 0 Å². The number of fused-ring (bicyclic) bond motifs is 14. The summed E-state index contributed by atoms with van der Waals surface area (Å²) < 4.78 is 23.7. The molecule has 2 aromatic rings. The Bertz CT molecular complexity index is 1870. The first kappa shape index (κ1) is 43.1. The van der Waals surface area contributed by atoms with Crippen molar-refractivity contribution < 1.29 is 58.9 Å². The number of anilines is 1. The summed E-state index contributed by atoms with van der Waals surface area (Å²) in [4.78, 5) is 42.4. The van der Waals surface area contributed by atoms with Crippen LogP contribution in [-0.4, -0.2) is 105 Å². The lowest BCUT2D eigenvalue weighted by atomic mass is 9.78. The molecular formula is C41H56N2O12. The molecule has 5 bridgehead atoms. The Balaban J connectivity index is 1.92. The molecule has 0 aromatic heterocycles. The maximum atomic E-state index is 14.3. The summed E-state index contributed by atoms with van der Waals surface area (Å²) in [5.74, 6) is -7.25. The molecule has 0 saturated carbocycles. The van der Waals surface area contributed by atoms with E-state index >= 15 is 0 Å². The first-order valence-corrected chi connectivity index (χ1v) is 18.6. The van der Waals surface area contributed by atoms with Crippen LogP contribution >= 0.6 is 0 Å². The third-order valence-corrected chi connectivity index (χ3v) is 11.0. The minimum atomic E-state index is -1.99. The van der Waals surface area contributed by atoms with Crippen molar-refractivity contribution in [2.75, 3.05) is 32.1 Å². The number of allylic oxidation sites excluding steroid dienone is 2. The van der Waals surface area contributed by atoms with E-state index in [1.165, 1.54) is 52.4 Å². The molecule has 0 saturated heterocycles. The Morgan fingerprint density at radius 2 is 1.55 bits per heavy atom. The van der Waals surface area contributed by atoms with E-state index in [2.05, 4.69) is 5.32 Å². The van der Waals surface area contributed by atoms with E-state index < -0.39 is 83.7 Å². The normalized spacial score (nSPS) is 31.3. The number of carbonyl (C=O) groups is 3. The number of amides is 2. The molecule has 6 N–H and O–H groups in total. The Morgan fingerprint density at radius 3 is 2.16 bits per heavy atom. The minimum absolute atomic E-state index is 0.0430. The topological polar surface area (TPSA) is 205 Å². The van der Waals surface area contributed by atoms with Crippen LogP contribution in [0, 0.1) is 30.6 Å². The van der Waals surface area contributed by atoms with Gasteiger partial charge < -0.3 is 54.7 Å². The van der Waals surface area contributed by atoms with Crippen LogP contribution in [0.4, 0.5) is 5.69 Å². The average molecular weight is 769 g/mol. The van der Waals surface area contributed by atoms with Crippen LogP contribution in [0.3, 0.4) is 0 Å². The number of aromatic hydroxyl groups is 2. The van der Waals surface area contributed by atoms with E-state index in [0.717, 1.165) is 0 Å². The lowest BCUT2D eigenvalue weighted by Gasteiger charge is -2.36. The van der Waals surface area contributed by atoms with Gasteiger partial charge in [0.15, 0.2) is 12.4 Å². The molecule has 14 nitrogen and oxygen atoms in total. The van der Waals surface area contributed by atoms with Crippen LogP contribution in [0.2, 0.25) is 0 Å². The molecule has 5 rings (SSSR count). The second-order valence-electron chi connectivity index (χ2n) is 14.7. The van der Waals surface area contributed by atoms with E-state index in [0.29, 0.717) is 13.1 Å². The van der Waals surface area contributed by atoms with Crippen LogP contribution in [0.15, 0.2) is 42.2 Å². The molecule has 0 aliphatic carbocycles. The summed E-state index contributed by atoms with van der Waals surface area (Å²) in [6.07, 6.45) is 3.52. The van der Waals surface area contributed by atoms with E-state index in [4.69, 9.17) is 18.9 Å². The third-order valence-electron chi connectivity index (χ3n) is 11.0. The summed E-state index contributed by atoms with van der Waals surface area (Å²) in [5.41, 5.74) is 0.0409. The smallest absolute Gasteiger partial charge is 0.312 e. The number of nitrogens with one attached hydrogen (secondary N) is 1. The summed E-state index contributed by atoms with van der Waals surface area (Å²) in [6, 6.07) is 1.27. The van der Waals surface area contributed by atoms with Crippen LogP contribution < -0.4 is 14.8 Å². The quantitative estimate of drug-likeness (QED) is 0.221. The predicted molar refractivity (Wildman–Crippen MR) is 206 cm³/mol. The number of rotatable bonds is 6. The van der Waals surface area contributed by atoms with Gasteiger partial charge in [-0.15, -0.1) is 0 Å². The fourth-order valence-electron chi connectivity index (χ4n) is 7.16. The lowest BCUT2D eigenvalue weighted by Crippen LogP contribution is -2.44. The summed E-state index contributed by atoms with van der Waals surface area (Å²) in [6.45, 7) is 15.3.